The van der Waals surface area contributed by atoms with Gasteiger partial charge in [-0.05, 0) is 48.5 Å². The highest BCUT2D eigenvalue weighted by Gasteiger charge is 2.27. The molecule has 0 saturated carbocycles. The molecule has 1 aliphatic rings. The van der Waals surface area contributed by atoms with Crippen molar-refractivity contribution in [2.75, 3.05) is 38.2 Å². The number of benzene rings is 3. The number of hydrogen-bond donors (Lipinski definition) is 1. The lowest BCUT2D eigenvalue weighted by molar-refractivity contribution is -0.142. The predicted molar refractivity (Wildman–Crippen MR) is 164 cm³/mol. The van der Waals surface area contributed by atoms with E-state index in [9.17, 15) is 18.0 Å². The molecule has 5 rings (SSSR count). The Bertz CT molecular complexity index is 1750. The molecule has 10 nitrogen and oxygen atoms in total. The van der Waals surface area contributed by atoms with Crippen molar-refractivity contribution in [2.24, 2.45) is 0 Å². The van der Waals surface area contributed by atoms with Crippen LogP contribution in [0.25, 0.3) is 23.0 Å². The van der Waals surface area contributed by atoms with Crippen LogP contribution >= 0.6 is 23.2 Å². The molecule has 3 aromatic carbocycles. The Labute approximate surface area is 258 Å². The zero-order chi connectivity index (χ0) is 30.4. The smallest absolute Gasteiger partial charge is 0.331 e. The number of nitrogens with zero attached hydrogens (tertiary/aromatic N) is 3. The first kappa shape index (κ1) is 30.5. The zero-order valence-electron chi connectivity index (χ0n) is 22.7. The number of esters is 1. The van der Waals surface area contributed by atoms with Gasteiger partial charge in [-0.15, -0.1) is 0 Å². The Balaban J connectivity index is 1.25. The summed E-state index contributed by atoms with van der Waals surface area (Å²) in [5, 5.41) is 7.90. The number of nitrogens with one attached hydrogen (secondary N) is 1. The maximum absolute atomic E-state index is 13.0. The molecule has 1 saturated heterocycles. The van der Waals surface area contributed by atoms with Crippen LogP contribution in [0.4, 0.5) is 5.69 Å². The van der Waals surface area contributed by atoms with Gasteiger partial charge in [-0.3, -0.25) is 4.79 Å². The van der Waals surface area contributed by atoms with Gasteiger partial charge in [-0.2, -0.15) is 9.40 Å². The lowest BCUT2D eigenvalue weighted by Crippen LogP contribution is -2.40. The highest BCUT2D eigenvalue weighted by atomic mass is 35.5. The fourth-order valence-electron chi connectivity index (χ4n) is 4.28. The summed E-state index contributed by atoms with van der Waals surface area (Å²) in [5.41, 5.74) is 2.95. The highest BCUT2D eigenvalue weighted by Crippen LogP contribution is 2.28. The number of carbonyl (C=O) groups excluding carboxylic acids is 2. The van der Waals surface area contributed by atoms with E-state index < -0.39 is 28.5 Å². The van der Waals surface area contributed by atoms with E-state index in [0.717, 1.165) is 11.3 Å². The zero-order valence-corrected chi connectivity index (χ0v) is 25.0. The van der Waals surface area contributed by atoms with E-state index in [2.05, 4.69) is 10.4 Å². The van der Waals surface area contributed by atoms with Crippen LogP contribution in [0.1, 0.15) is 5.56 Å². The molecular formula is C30H26Cl2N4O6S. The molecule has 1 aromatic heterocycles. The summed E-state index contributed by atoms with van der Waals surface area (Å²) in [5.74, 6) is -1.46. The third-order valence-electron chi connectivity index (χ3n) is 6.45. The number of anilines is 1. The number of ether oxygens (including phenoxy) is 2. The number of aromatic nitrogens is 2. The van der Waals surface area contributed by atoms with E-state index in [0.29, 0.717) is 29.5 Å². The number of hydrogen-bond acceptors (Lipinski definition) is 7. The summed E-state index contributed by atoms with van der Waals surface area (Å²) >= 11 is 12.2. The number of amides is 1. The number of sulfonamides is 1. The van der Waals surface area contributed by atoms with Crippen LogP contribution in [0, 0.1) is 0 Å². The summed E-state index contributed by atoms with van der Waals surface area (Å²) < 4.78 is 39.3. The molecule has 0 bridgehead atoms. The SMILES string of the molecule is O=C(COC(=O)/C=C/c1cn(-c2ccccc2)nc1-c1ccc(Cl)cc1)Nc1cc(S(=O)(=O)N2CCOCC2)ccc1Cl. The molecule has 0 unspecified atom stereocenters. The normalized spacial score (nSPS) is 14.1. The van der Waals surface area contributed by atoms with Gasteiger partial charge >= 0.3 is 5.97 Å². The van der Waals surface area contributed by atoms with E-state index in [1.54, 1.807) is 29.1 Å². The Kier molecular flexibility index (Phi) is 9.59. The fourth-order valence-corrected chi connectivity index (χ4v) is 6.01. The summed E-state index contributed by atoms with van der Waals surface area (Å²) in [4.78, 5) is 25.1. The number of rotatable bonds is 9. The van der Waals surface area contributed by atoms with Crippen LogP contribution in [-0.2, 0) is 29.1 Å². The van der Waals surface area contributed by atoms with Crippen LogP contribution in [0.2, 0.25) is 10.0 Å². The third-order valence-corrected chi connectivity index (χ3v) is 8.92. The lowest BCUT2D eigenvalue weighted by atomic mass is 10.1. The average Bonchev–Trinajstić information content (AvgIpc) is 3.45. The second-order valence-electron chi connectivity index (χ2n) is 9.37. The fraction of sp³-hybridized carbons (Fsp3) is 0.167. The minimum absolute atomic E-state index is 0.0263. The number of morpholine rings is 1. The topological polar surface area (TPSA) is 120 Å². The highest BCUT2D eigenvalue weighted by molar-refractivity contribution is 7.89. The molecule has 1 amide bonds. The van der Waals surface area contributed by atoms with Gasteiger partial charge in [0.05, 0.1) is 40.2 Å². The van der Waals surface area contributed by atoms with Gasteiger partial charge in [-0.1, -0.05) is 53.5 Å². The molecule has 222 valence electrons. The van der Waals surface area contributed by atoms with E-state index in [1.165, 1.54) is 28.6 Å². The van der Waals surface area contributed by atoms with Crippen LogP contribution in [0.5, 0.6) is 0 Å². The number of para-hydroxylation sites is 1. The van der Waals surface area contributed by atoms with E-state index in [1.807, 2.05) is 42.5 Å². The monoisotopic (exact) mass is 640 g/mol. The number of carbonyl (C=O) groups is 2. The lowest BCUT2D eigenvalue weighted by Gasteiger charge is -2.26. The van der Waals surface area contributed by atoms with Gasteiger partial charge in [0.1, 0.15) is 0 Å². The van der Waals surface area contributed by atoms with Crippen LogP contribution in [0.3, 0.4) is 0 Å². The van der Waals surface area contributed by atoms with E-state index >= 15 is 0 Å². The number of halogens is 2. The van der Waals surface area contributed by atoms with Crippen LogP contribution < -0.4 is 5.32 Å². The summed E-state index contributed by atoms with van der Waals surface area (Å²) in [6.07, 6.45) is 4.52. The summed E-state index contributed by atoms with van der Waals surface area (Å²) in [6.45, 7) is 0.435. The van der Waals surface area contributed by atoms with E-state index in [4.69, 9.17) is 32.7 Å². The second kappa shape index (κ2) is 13.5. The molecule has 13 heteroatoms. The Morgan fingerprint density at radius 2 is 1.72 bits per heavy atom. The van der Waals surface area contributed by atoms with Gasteiger partial charge in [0, 0.05) is 41.5 Å². The molecule has 0 radical (unpaired) electrons. The van der Waals surface area contributed by atoms with Crippen LogP contribution in [-0.4, -0.2) is 67.3 Å². The molecule has 2 heterocycles. The van der Waals surface area contributed by atoms with Crippen molar-refractivity contribution in [3.8, 4) is 16.9 Å². The molecular weight excluding hydrogens is 615 g/mol. The Morgan fingerprint density at radius 3 is 2.44 bits per heavy atom. The first-order chi connectivity index (χ1) is 20.7. The quantitative estimate of drug-likeness (QED) is 0.200. The average molecular weight is 642 g/mol. The molecule has 1 aliphatic heterocycles. The van der Waals surface area contributed by atoms with Crippen molar-refractivity contribution in [2.45, 2.75) is 4.90 Å². The largest absolute Gasteiger partial charge is 0.452 e. The first-order valence-electron chi connectivity index (χ1n) is 13.1. The van der Waals surface area contributed by atoms with Gasteiger partial charge in [0.25, 0.3) is 5.91 Å². The minimum Gasteiger partial charge on any atom is -0.452 e. The van der Waals surface area contributed by atoms with Crippen molar-refractivity contribution < 1.29 is 27.5 Å². The molecule has 1 fully saturated rings. The van der Waals surface area contributed by atoms with Crippen molar-refractivity contribution in [1.82, 2.24) is 14.1 Å². The molecule has 43 heavy (non-hydrogen) atoms. The Hall–Kier alpha value is -4.00. The molecule has 4 aromatic rings. The van der Waals surface area contributed by atoms with Gasteiger partial charge < -0.3 is 14.8 Å². The standard InChI is InChI=1S/C30H26Cl2N4O6S/c31-23-9-6-21(7-10-23)30-22(19-36(34-30)24-4-2-1-3-5-24)8-13-29(38)42-20-28(37)33-27-18-25(11-12-26(27)32)43(39,40)35-14-16-41-17-15-35/h1-13,18-19H,14-17,20H2,(H,33,37)/b13-8+. The van der Waals surface area contributed by atoms with Crippen molar-refractivity contribution in [3.05, 3.63) is 101 Å². The van der Waals surface area contributed by atoms with Crippen molar-refractivity contribution >= 4 is 56.9 Å². The Morgan fingerprint density at radius 1 is 1.00 bits per heavy atom. The molecule has 0 spiro atoms. The molecule has 0 atom stereocenters. The van der Waals surface area contributed by atoms with Gasteiger partial charge in [0.15, 0.2) is 6.61 Å². The minimum atomic E-state index is -3.80. The third kappa shape index (κ3) is 7.51. The summed E-state index contributed by atoms with van der Waals surface area (Å²) in [7, 11) is -3.80. The van der Waals surface area contributed by atoms with Gasteiger partial charge in [-0.25, -0.2) is 17.9 Å². The van der Waals surface area contributed by atoms with E-state index in [-0.39, 0.29) is 28.7 Å². The van der Waals surface area contributed by atoms with Crippen molar-refractivity contribution in [3.63, 3.8) is 0 Å². The molecule has 0 aliphatic carbocycles. The first-order valence-corrected chi connectivity index (χ1v) is 15.3. The van der Waals surface area contributed by atoms with Gasteiger partial charge in [0.2, 0.25) is 10.0 Å². The maximum Gasteiger partial charge on any atom is 0.331 e. The van der Waals surface area contributed by atoms with Crippen LogP contribution in [0.15, 0.2) is 90.0 Å². The summed E-state index contributed by atoms with van der Waals surface area (Å²) in [6, 6.07) is 20.7. The predicted octanol–water partition coefficient (Wildman–Crippen LogP) is 5.06. The second-order valence-corrected chi connectivity index (χ2v) is 12.1. The maximum atomic E-state index is 13.0. The molecule has 1 N–H and O–H groups in total. The van der Waals surface area contributed by atoms with Crippen molar-refractivity contribution in [1.29, 1.82) is 0 Å².